The molecule has 3 N–H and O–H groups in total. The quantitative estimate of drug-likeness (QED) is 0.701. The van der Waals surface area contributed by atoms with Gasteiger partial charge in [0.2, 0.25) is 11.8 Å². The summed E-state index contributed by atoms with van der Waals surface area (Å²) in [6, 6.07) is 13.5. The second-order valence-corrected chi connectivity index (χ2v) is 7.73. The van der Waals surface area contributed by atoms with Gasteiger partial charge in [-0.25, -0.2) is 0 Å². The number of hydrogen-bond acceptors (Lipinski definition) is 4. The molecule has 2 aromatic rings. The van der Waals surface area contributed by atoms with Crippen molar-refractivity contribution in [2.45, 2.75) is 19.4 Å². The topological polar surface area (TPSA) is 90.5 Å². The first kappa shape index (κ1) is 20.8. The van der Waals surface area contributed by atoms with Gasteiger partial charge in [0.25, 0.3) is 5.91 Å². The number of piperazine rings is 1. The minimum atomic E-state index is -0.777. The van der Waals surface area contributed by atoms with E-state index in [0.29, 0.717) is 35.1 Å². The van der Waals surface area contributed by atoms with E-state index in [4.69, 9.17) is 11.6 Å². The molecule has 1 fully saturated rings. The van der Waals surface area contributed by atoms with Crippen LogP contribution in [-0.2, 0) is 9.59 Å². The van der Waals surface area contributed by atoms with Crippen LogP contribution in [-0.4, -0.2) is 47.8 Å². The fourth-order valence-corrected chi connectivity index (χ4v) is 3.23. The van der Waals surface area contributed by atoms with Crippen molar-refractivity contribution < 1.29 is 14.4 Å². The van der Waals surface area contributed by atoms with Crippen molar-refractivity contribution >= 4 is 40.7 Å². The van der Waals surface area contributed by atoms with Crippen LogP contribution in [0, 0.1) is 0 Å². The maximum atomic E-state index is 12.7. The number of nitrogens with one attached hydrogen (secondary N) is 3. The molecule has 0 spiro atoms. The van der Waals surface area contributed by atoms with Crippen LogP contribution in [0.3, 0.4) is 0 Å². The summed E-state index contributed by atoms with van der Waals surface area (Å²) in [4.78, 5) is 39.2. The molecule has 0 aromatic heterocycles. The molecule has 0 aliphatic carbocycles. The van der Waals surface area contributed by atoms with Crippen molar-refractivity contribution in [3.63, 3.8) is 0 Å². The van der Waals surface area contributed by atoms with Gasteiger partial charge in [0, 0.05) is 23.8 Å². The highest BCUT2D eigenvalue weighted by atomic mass is 35.5. The van der Waals surface area contributed by atoms with E-state index in [0.717, 1.165) is 0 Å². The summed E-state index contributed by atoms with van der Waals surface area (Å²) >= 11 is 5.87. The molecule has 0 unspecified atom stereocenters. The molecule has 7 nitrogen and oxygen atoms in total. The lowest BCUT2D eigenvalue weighted by Crippen LogP contribution is -2.62. The van der Waals surface area contributed by atoms with Gasteiger partial charge in [0.1, 0.15) is 0 Å². The summed E-state index contributed by atoms with van der Waals surface area (Å²) in [5.41, 5.74) is 0.567. The van der Waals surface area contributed by atoms with E-state index in [1.54, 1.807) is 62.4 Å². The molecular weight excluding hydrogens is 392 g/mol. The Morgan fingerprint density at radius 3 is 2.52 bits per heavy atom. The minimum Gasteiger partial charge on any atom is -0.353 e. The molecule has 0 saturated carbocycles. The van der Waals surface area contributed by atoms with E-state index < -0.39 is 5.54 Å². The molecule has 3 amide bonds. The van der Waals surface area contributed by atoms with Crippen molar-refractivity contribution in [1.82, 2.24) is 10.2 Å². The largest absolute Gasteiger partial charge is 0.353 e. The number of amides is 3. The molecule has 2 aromatic carbocycles. The SMILES string of the molecule is CC1(C)C(=O)NCCN1CC(=O)Nc1ccccc1C(=O)Nc1ccc(Cl)cc1. The third kappa shape index (κ3) is 4.93. The summed E-state index contributed by atoms with van der Waals surface area (Å²) in [6.07, 6.45) is 0. The van der Waals surface area contributed by atoms with Crippen LogP contribution in [0.2, 0.25) is 5.02 Å². The smallest absolute Gasteiger partial charge is 0.257 e. The van der Waals surface area contributed by atoms with Crippen LogP contribution in [0.15, 0.2) is 48.5 Å². The van der Waals surface area contributed by atoms with Crippen molar-refractivity contribution in [2.24, 2.45) is 0 Å². The van der Waals surface area contributed by atoms with E-state index in [9.17, 15) is 14.4 Å². The lowest BCUT2D eigenvalue weighted by atomic mass is 9.99. The van der Waals surface area contributed by atoms with Crippen molar-refractivity contribution in [1.29, 1.82) is 0 Å². The average Bonchev–Trinajstić information content (AvgIpc) is 2.68. The highest BCUT2D eigenvalue weighted by Crippen LogP contribution is 2.20. The summed E-state index contributed by atoms with van der Waals surface area (Å²) in [7, 11) is 0. The second kappa shape index (κ2) is 8.63. The molecule has 1 aliphatic heterocycles. The van der Waals surface area contributed by atoms with Crippen molar-refractivity contribution in [3.8, 4) is 0 Å². The Bertz CT molecular complexity index is 928. The first-order chi connectivity index (χ1) is 13.8. The molecule has 1 heterocycles. The van der Waals surface area contributed by atoms with Crippen LogP contribution in [0.4, 0.5) is 11.4 Å². The minimum absolute atomic E-state index is 0.0492. The first-order valence-corrected chi connectivity index (χ1v) is 9.64. The van der Waals surface area contributed by atoms with Gasteiger partial charge in [-0.15, -0.1) is 0 Å². The summed E-state index contributed by atoms with van der Waals surface area (Å²) < 4.78 is 0. The summed E-state index contributed by atoms with van der Waals surface area (Å²) in [5, 5.41) is 8.96. The Morgan fingerprint density at radius 2 is 1.79 bits per heavy atom. The molecule has 0 radical (unpaired) electrons. The standard InChI is InChI=1S/C21H23ClN4O3/c1-21(2)20(29)23-11-12-26(21)13-18(27)25-17-6-4-3-5-16(17)19(28)24-15-9-7-14(22)8-10-15/h3-10H,11-13H2,1-2H3,(H,23,29)(H,24,28)(H,25,27). The number of carbonyl (C=O) groups excluding carboxylic acids is 3. The van der Waals surface area contributed by atoms with Gasteiger partial charge in [-0.05, 0) is 50.2 Å². The average molecular weight is 415 g/mol. The number of halogens is 1. The molecular formula is C21H23ClN4O3. The number of nitrogens with zero attached hydrogens (tertiary/aromatic N) is 1. The van der Waals surface area contributed by atoms with Gasteiger partial charge < -0.3 is 16.0 Å². The van der Waals surface area contributed by atoms with E-state index in [1.165, 1.54) is 0 Å². The van der Waals surface area contributed by atoms with Gasteiger partial charge in [-0.2, -0.15) is 0 Å². The number of hydrogen-bond donors (Lipinski definition) is 3. The highest BCUT2D eigenvalue weighted by molar-refractivity contribution is 6.30. The van der Waals surface area contributed by atoms with Gasteiger partial charge in [0.15, 0.2) is 0 Å². The molecule has 3 rings (SSSR count). The molecule has 0 atom stereocenters. The second-order valence-electron chi connectivity index (χ2n) is 7.29. The third-order valence-electron chi connectivity index (χ3n) is 4.90. The Hall–Kier alpha value is -2.90. The monoisotopic (exact) mass is 414 g/mol. The maximum Gasteiger partial charge on any atom is 0.257 e. The predicted molar refractivity (Wildman–Crippen MR) is 113 cm³/mol. The summed E-state index contributed by atoms with van der Waals surface area (Å²) in [6.45, 7) is 4.68. The number of para-hydroxylation sites is 1. The van der Waals surface area contributed by atoms with E-state index in [1.807, 2.05) is 4.90 Å². The Morgan fingerprint density at radius 1 is 1.10 bits per heavy atom. The van der Waals surface area contributed by atoms with E-state index in [-0.39, 0.29) is 24.3 Å². The molecule has 0 bridgehead atoms. The Kier molecular flexibility index (Phi) is 6.20. The van der Waals surface area contributed by atoms with Crippen LogP contribution in [0.5, 0.6) is 0 Å². The van der Waals surface area contributed by atoms with Crippen LogP contribution >= 0.6 is 11.6 Å². The zero-order valence-corrected chi connectivity index (χ0v) is 17.0. The molecule has 1 aliphatic rings. The van der Waals surface area contributed by atoms with Crippen LogP contribution in [0.1, 0.15) is 24.2 Å². The van der Waals surface area contributed by atoms with Gasteiger partial charge in [-0.3, -0.25) is 19.3 Å². The van der Waals surface area contributed by atoms with Gasteiger partial charge in [0.05, 0.1) is 23.3 Å². The molecule has 29 heavy (non-hydrogen) atoms. The Labute approximate surface area is 174 Å². The molecule has 152 valence electrons. The normalized spacial score (nSPS) is 16.0. The fourth-order valence-electron chi connectivity index (χ4n) is 3.11. The van der Waals surface area contributed by atoms with E-state index in [2.05, 4.69) is 16.0 Å². The third-order valence-corrected chi connectivity index (χ3v) is 5.15. The van der Waals surface area contributed by atoms with E-state index >= 15 is 0 Å². The lowest BCUT2D eigenvalue weighted by molar-refractivity contribution is -0.136. The zero-order valence-electron chi connectivity index (χ0n) is 16.3. The van der Waals surface area contributed by atoms with Crippen molar-refractivity contribution in [2.75, 3.05) is 30.3 Å². The summed E-state index contributed by atoms with van der Waals surface area (Å²) in [5.74, 6) is -0.750. The van der Waals surface area contributed by atoms with Gasteiger partial charge >= 0.3 is 0 Å². The first-order valence-electron chi connectivity index (χ1n) is 9.26. The predicted octanol–water partition coefficient (Wildman–Crippen LogP) is 2.74. The van der Waals surface area contributed by atoms with Crippen LogP contribution in [0.25, 0.3) is 0 Å². The number of benzene rings is 2. The van der Waals surface area contributed by atoms with Crippen molar-refractivity contribution in [3.05, 3.63) is 59.1 Å². The molecule has 8 heteroatoms. The maximum absolute atomic E-state index is 12.7. The lowest BCUT2D eigenvalue weighted by Gasteiger charge is -2.40. The van der Waals surface area contributed by atoms with Gasteiger partial charge in [-0.1, -0.05) is 23.7 Å². The molecule has 1 saturated heterocycles. The number of anilines is 2. The number of carbonyl (C=O) groups is 3. The zero-order chi connectivity index (χ0) is 21.0. The van der Waals surface area contributed by atoms with Crippen LogP contribution < -0.4 is 16.0 Å². The fraction of sp³-hybridized carbons (Fsp3) is 0.286. The highest BCUT2D eigenvalue weighted by Gasteiger charge is 2.38. The number of rotatable bonds is 5. The Balaban J connectivity index is 1.70.